The first kappa shape index (κ1) is 23.8. The average Bonchev–Trinajstić information content (AvgIpc) is 3.12. The first-order valence-electron chi connectivity index (χ1n) is 10.1. The maximum absolute atomic E-state index is 14.1. The lowest BCUT2D eigenvalue weighted by molar-refractivity contribution is -0.143. The van der Waals surface area contributed by atoms with Crippen LogP contribution in [0.4, 0.5) is 35.1 Å². The maximum atomic E-state index is 14.1. The summed E-state index contributed by atoms with van der Waals surface area (Å²) in [5, 5.41) is 0. The smallest absolute Gasteiger partial charge is 0.287 e. The van der Waals surface area contributed by atoms with Gasteiger partial charge in [-0.1, -0.05) is 18.2 Å². The molecule has 0 bridgehead atoms. The van der Waals surface area contributed by atoms with Gasteiger partial charge in [0.1, 0.15) is 5.71 Å². The number of hydrogen-bond donors (Lipinski definition) is 0. The molecule has 0 radical (unpaired) electrons. The van der Waals surface area contributed by atoms with E-state index in [1.807, 2.05) is 0 Å². The van der Waals surface area contributed by atoms with Crippen LogP contribution in [0.5, 0.6) is 0 Å². The number of aliphatic imine (C=N–C) groups is 3. The van der Waals surface area contributed by atoms with Gasteiger partial charge in [-0.15, -0.1) is 0 Å². The summed E-state index contributed by atoms with van der Waals surface area (Å²) in [6.07, 6.45) is -6.56. The lowest BCUT2D eigenvalue weighted by Crippen LogP contribution is -2.18. The van der Waals surface area contributed by atoms with Crippen molar-refractivity contribution in [1.29, 1.82) is 0 Å². The Balaban J connectivity index is 1.59. The fraction of sp³-hybridized carbons (Fsp3) is 0.261. The Morgan fingerprint density at radius 1 is 0.912 bits per heavy atom. The molecule has 0 aromatic heterocycles. The molecule has 3 nitrogen and oxygen atoms in total. The predicted molar refractivity (Wildman–Crippen MR) is 110 cm³/mol. The number of hydrogen-bond acceptors (Lipinski definition) is 3. The first-order chi connectivity index (χ1) is 15.9. The quantitative estimate of drug-likeness (QED) is 0.442. The lowest BCUT2D eigenvalue weighted by Gasteiger charge is -2.19. The van der Waals surface area contributed by atoms with Crippen molar-refractivity contribution in [2.45, 2.75) is 37.7 Å². The second-order valence-corrected chi connectivity index (χ2v) is 7.70. The molecular weight excluding hydrogens is 470 g/mol. The number of fused-ring (bicyclic) bond motifs is 1. The van der Waals surface area contributed by atoms with Crippen molar-refractivity contribution in [3.05, 3.63) is 82.1 Å². The van der Waals surface area contributed by atoms with E-state index in [9.17, 15) is 35.1 Å². The third-order valence-electron chi connectivity index (χ3n) is 5.35. The minimum atomic E-state index is -4.97. The molecule has 2 aliphatic heterocycles. The van der Waals surface area contributed by atoms with Gasteiger partial charge >= 0.3 is 12.4 Å². The summed E-state index contributed by atoms with van der Waals surface area (Å²) >= 11 is 0. The number of allylic oxidation sites excluding steroid dienone is 2. The minimum absolute atomic E-state index is 0.0646. The third kappa shape index (κ3) is 4.92. The highest BCUT2D eigenvalue weighted by molar-refractivity contribution is 6.43. The highest BCUT2D eigenvalue weighted by atomic mass is 19.4. The fourth-order valence-electron chi connectivity index (χ4n) is 3.68. The Kier molecular flexibility index (Phi) is 6.13. The second kappa shape index (κ2) is 8.77. The molecular formula is C23H15F8N3. The van der Waals surface area contributed by atoms with Crippen LogP contribution in [0.1, 0.15) is 35.1 Å². The minimum Gasteiger partial charge on any atom is -0.287 e. The van der Waals surface area contributed by atoms with E-state index >= 15 is 0 Å². The van der Waals surface area contributed by atoms with E-state index in [0.717, 1.165) is 12.1 Å². The van der Waals surface area contributed by atoms with Crippen LogP contribution < -0.4 is 0 Å². The van der Waals surface area contributed by atoms with Crippen molar-refractivity contribution in [2.24, 2.45) is 15.0 Å². The molecule has 0 aliphatic carbocycles. The molecule has 178 valence electrons. The van der Waals surface area contributed by atoms with E-state index in [4.69, 9.17) is 0 Å². The van der Waals surface area contributed by atoms with Crippen LogP contribution in [0.15, 0.2) is 63.1 Å². The van der Waals surface area contributed by atoms with E-state index < -0.39 is 41.2 Å². The van der Waals surface area contributed by atoms with Crippen LogP contribution in [0.25, 0.3) is 0 Å². The highest BCUT2D eigenvalue weighted by Crippen LogP contribution is 2.38. The molecule has 2 heterocycles. The van der Waals surface area contributed by atoms with E-state index in [0.29, 0.717) is 24.6 Å². The van der Waals surface area contributed by atoms with Crippen molar-refractivity contribution in [1.82, 2.24) is 0 Å². The molecule has 4 rings (SSSR count). The van der Waals surface area contributed by atoms with Gasteiger partial charge in [0.05, 0.1) is 28.4 Å². The molecule has 34 heavy (non-hydrogen) atoms. The zero-order valence-electron chi connectivity index (χ0n) is 17.2. The van der Waals surface area contributed by atoms with Crippen LogP contribution in [0, 0.1) is 11.6 Å². The Labute approximate surface area is 188 Å². The maximum Gasteiger partial charge on any atom is 0.416 e. The first-order valence-corrected chi connectivity index (χ1v) is 10.1. The summed E-state index contributed by atoms with van der Waals surface area (Å²) in [5.41, 5.74) is -2.60. The van der Waals surface area contributed by atoms with Crippen LogP contribution >= 0.6 is 0 Å². The molecule has 0 fully saturated rings. The molecule has 1 unspecified atom stereocenters. The largest absolute Gasteiger partial charge is 0.416 e. The number of benzene rings is 2. The van der Waals surface area contributed by atoms with E-state index in [1.54, 1.807) is 6.08 Å². The fourth-order valence-corrected chi connectivity index (χ4v) is 3.68. The van der Waals surface area contributed by atoms with E-state index in [1.165, 1.54) is 18.3 Å². The standard InChI is InChI=1S/C23H15F8N3/c24-17-5-2-4-15(20(17)25)21-33-18-6-1-3-14(32-11-19(18)34-21)9-12-7-8-13(22(26,27)28)10-16(12)23(29,30)31/h2,4-8,10-11,14H,1,3,9H2. The van der Waals surface area contributed by atoms with Crippen LogP contribution in [0.3, 0.4) is 0 Å². The molecule has 2 aliphatic rings. The lowest BCUT2D eigenvalue weighted by atomic mass is 9.95. The van der Waals surface area contributed by atoms with Crippen molar-refractivity contribution in [3.63, 3.8) is 0 Å². The predicted octanol–water partition coefficient (Wildman–Crippen LogP) is 6.56. The topological polar surface area (TPSA) is 37.1 Å². The van der Waals surface area contributed by atoms with Gasteiger partial charge < -0.3 is 0 Å². The second-order valence-electron chi connectivity index (χ2n) is 7.70. The van der Waals surface area contributed by atoms with Gasteiger partial charge in [-0.05, 0) is 49.1 Å². The van der Waals surface area contributed by atoms with Gasteiger partial charge in [-0.25, -0.2) is 18.8 Å². The summed E-state index contributed by atoms with van der Waals surface area (Å²) in [6.45, 7) is 0. The number of rotatable bonds is 3. The van der Waals surface area contributed by atoms with Gasteiger partial charge in [0.25, 0.3) is 0 Å². The molecule has 2 aromatic rings. The van der Waals surface area contributed by atoms with E-state index in [-0.39, 0.29) is 35.2 Å². The Hall–Kier alpha value is -3.37. The van der Waals surface area contributed by atoms with Gasteiger partial charge in [-0.3, -0.25) is 4.99 Å². The van der Waals surface area contributed by atoms with E-state index in [2.05, 4.69) is 15.0 Å². The zero-order valence-corrected chi connectivity index (χ0v) is 17.2. The normalized spacial score (nSPS) is 18.6. The molecule has 0 saturated heterocycles. The molecule has 2 aromatic carbocycles. The van der Waals surface area contributed by atoms with Crippen molar-refractivity contribution in [3.8, 4) is 0 Å². The van der Waals surface area contributed by atoms with Crippen LogP contribution in [-0.2, 0) is 18.8 Å². The Morgan fingerprint density at radius 2 is 1.68 bits per heavy atom. The van der Waals surface area contributed by atoms with Gasteiger partial charge in [0.15, 0.2) is 17.5 Å². The Bertz CT molecular complexity index is 1240. The Morgan fingerprint density at radius 3 is 2.38 bits per heavy atom. The molecule has 0 N–H and O–H groups in total. The van der Waals surface area contributed by atoms with Gasteiger partial charge in [0, 0.05) is 6.21 Å². The number of alkyl halides is 6. The summed E-state index contributed by atoms with van der Waals surface area (Å²) < 4.78 is 107. The van der Waals surface area contributed by atoms with Crippen LogP contribution in [0.2, 0.25) is 0 Å². The summed E-state index contributed by atoms with van der Waals surface area (Å²) in [5.74, 6) is -2.24. The van der Waals surface area contributed by atoms with Crippen molar-refractivity contribution >= 4 is 17.8 Å². The average molecular weight is 485 g/mol. The van der Waals surface area contributed by atoms with Gasteiger partial charge in [0.2, 0.25) is 0 Å². The molecule has 0 spiro atoms. The molecule has 1 atom stereocenters. The summed E-state index contributed by atoms with van der Waals surface area (Å²) in [4.78, 5) is 12.6. The third-order valence-corrected chi connectivity index (χ3v) is 5.35. The summed E-state index contributed by atoms with van der Waals surface area (Å²) in [6, 6.07) is 4.43. The van der Waals surface area contributed by atoms with Crippen LogP contribution in [-0.4, -0.2) is 23.8 Å². The zero-order chi connectivity index (χ0) is 24.7. The molecule has 0 amide bonds. The summed E-state index contributed by atoms with van der Waals surface area (Å²) in [7, 11) is 0. The van der Waals surface area contributed by atoms with Crippen molar-refractivity contribution < 1.29 is 35.1 Å². The van der Waals surface area contributed by atoms with Gasteiger partial charge in [-0.2, -0.15) is 26.3 Å². The SMILES string of the molecule is Fc1cccc(C2=NC3=CCCC(Cc4ccc(C(F)(F)F)cc4C(F)(F)F)N=CC3=N2)c1F. The highest BCUT2D eigenvalue weighted by Gasteiger charge is 2.38. The molecule has 0 saturated carbocycles. The van der Waals surface area contributed by atoms with Crippen molar-refractivity contribution in [2.75, 3.05) is 0 Å². The number of halogens is 8. The number of nitrogens with zero attached hydrogens (tertiary/aromatic N) is 3. The monoisotopic (exact) mass is 485 g/mol. The number of amidine groups is 1. The molecule has 11 heteroatoms.